The average molecular weight is 274 g/mol. The maximum atomic E-state index is 8.78. The van der Waals surface area contributed by atoms with E-state index in [9.17, 15) is 0 Å². The Hall–Kier alpha value is -3.06. The summed E-state index contributed by atoms with van der Waals surface area (Å²) in [4.78, 5) is 0. The van der Waals surface area contributed by atoms with Crippen molar-refractivity contribution in [3.05, 3.63) is 78.1 Å². The Bertz CT molecular complexity index is 752. The average Bonchev–Trinajstić information content (AvgIpc) is 3.08. The second kappa shape index (κ2) is 5.93. The van der Waals surface area contributed by atoms with E-state index in [2.05, 4.69) is 22.6 Å². The van der Waals surface area contributed by atoms with Crippen molar-refractivity contribution < 1.29 is 0 Å². The summed E-state index contributed by atoms with van der Waals surface area (Å²) in [7, 11) is 0. The van der Waals surface area contributed by atoms with Crippen LogP contribution in [-0.2, 0) is 6.54 Å². The molecule has 0 saturated heterocycles. The number of hydrogen-bond donors (Lipinski definition) is 1. The highest BCUT2D eigenvalue weighted by molar-refractivity contribution is 5.51. The number of nitriles is 1. The molecule has 3 rings (SSSR count). The number of anilines is 1. The summed E-state index contributed by atoms with van der Waals surface area (Å²) in [5.74, 6) is 0. The number of benzene rings is 2. The first kappa shape index (κ1) is 12.9. The number of nitrogens with one attached hydrogen (secondary N) is 1. The van der Waals surface area contributed by atoms with Gasteiger partial charge < -0.3 is 5.32 Å². The van der Waals surface area contributed by atoms with Crippen molar-refractivity contribution >= 4 is 5.69 Å². The standard InChI is InChI=1S/C17H14N4/c18-12-14-5-7-15(8-6-14)13-19-16-3-1-4-17(11-16)21-10-2-9-20-21/h1-11,19H,13H2. The van der Waals surface area contributed by atoms with E-state index < -0.39 is 0 Å². The summed E-state index contributed by atoms with van der Waals surface area (Å²) in [6, 6.07) is 19.7. The molecule has 0 bridgehead atoms. The summed E-state index contributed by atoms with van der Waals surface area (Å²) in [6.45, 7) is 0.717. The van der Waals surface area contributed by atoms with Crippen LogP contribution in [0.3, 0.4) is 0 Å². The first-order chi connectivity index (χ1) is 10.3. The third kappa shape index (κ3) is 3.10. The lowest BCUT2D eigenvalue weighted by Crippen LogP contribution is -2.01. The topological polar surface area (TPSA) is 53.6 Å². The summed E-state index contributed by atoms with van der Waals surface area (Å²) in [6.07, 6.45) is 3.68. The molecule has 1 aromatic heterocycles. The minimum absolute atomic E-state index is 0.680. The fourth-order valence-corrected chi connectivity index (χ4v) is 2.08. The number of hydrogen-bond acceptors (Lipinski definition) is 3. The molecule has 4 heteroatoms. The molecule has 0 unspecified atom stereocenters. The molecule has 0 aliphatic rings. The van der Waals surface area contributed by atoms with Gasteiger partial charge in [-0.1, -0.05) is 18.2 Å². The zero-order valence-electron chi connectivity index (χ0n) is 11.4. The zero-order valence-corrected chi connectivity index (χ0v) is 11.4. The Morgan fingerprint density at radius 3 is 2.67 bits per heavy atom. The molecular weight excluding hydrogens is 260 g/mol. The second-order valence-electron chi connectivity index (χ2n) is 4.66. The van der Waals surface area contributed by atoms with Gasteiger partial charge in [0.25, 0.3) is 0 Å². The van der Waals surface area contributed by atoms with E-state index in [1.54, 1.807) is 6.20 Å². The summed E-state index contributed by atoms with van der Waals surface area (Å²) < 4.78 is 1.83. The zero-order chi connectivity index (χ0) is 14.5. The highest BCUT2D eigenvalue weighted by Gasteiger charge is 1.99. The minimum Gasteiger partial charge on any atom is -0.381 e. The van der Waals surface area contributed by atoms with Crippen LogP contribution in [0, 0.1) is 11.3 Å². The second-order valence-corrected chi connectivity index (χ2v) is 4.66. The van der Waals surface area contributed by atoms with Gasteiger partial charge in [0, 0.05) is 24.6 Å². The maximum Gasteiger partial charge on any atom is 0.0991 e. The van der Waals surface area contributed by atoms with Crippen molar-refractivity contribution in [2.75, 3.05) is 5.32 Å². The molecule has 0 spiro atoms. The third-order valence-corrected chi connectivity index (χ3v) is 3.19. The van der Waals surface area contributed by atoms with Crippen LogP contribution in [0.1, 0.15) is 11.1 Å². The highest BCUT2D eigenvalue weighted by atomic mass is 15.3. The Balaban J connectivity index is 1.70. The van der Waals surface area contributed by atoms with Crippen LogP contribution in [0.15, 0.2) is 67.0 Å². The van der Waals surface area contributed by atoms with Gasteiger partial charge in [0.1, 0.15) is 0 Å². The fourth-order valence-electron chi connectivity index (χ4n) is 2.08. The van der Waals surface area contributed by atoms with Crippen molar-refractivity contribution in [2.24, 2.45) is 0 Å². The van der Waals surface area contributed by atoms with Crippen LogP contribution in [-0.4, -0.2) is 9.78 Å². The minimum atomic E-state index is 0.680. The number of nitrogens with zero attached hydrogens (tertiary/aromatic N) is 3. The first-order valence-electron chi connectivity index (χ1n) is 6.68. The van der Waals surface area contributed by atoms with Crippen LogP contribution < -0.4 is 5.32 Å². The van der Waals surface area contributed by atoms with Gasteiger partial charge in [0.15, 0.2) is 0 Å². The monoisotopic (exact) mass is 274 g/mol. The van der Waals surface area contributed by atoms with E-state index in [0.29, 0.717) is 12.1 Å². The molecule has 0 saturated carbocycles. The van der Waals surface area contributed by atoms with Gasteiger partial charge in [0.2, 0.25) is 0 Å². The lowest BCUT2D eigenvalue weighted by molar-refractivity contribution is 0.880. The smallest absolute Gasteiger partial charge is 0.0991 e. The molecule has 0 aliphatic heterocycles. The first-order valence-corrected chi connectivity index (χ1v) is 6.68. The van der Waals surface area contributed by atoms with E-state index in [-0.39, 0.29) is 0 Å². The quantitative estimate of drug-likeness (QED) is 0.793. The SMILES string of the molecule is N#Cc1ccc(CNc2cccc(-n3cccn3)c2)cc1. The van der Waals surface area contributed by atoms with Gasteiger partial charge in [-0.05, 0) is 42.0 Å². The molecule has 0 aliphatic carbocycles. The Kier molecular flexibility index (Phi) is 3.66. The molecule has 0 atom stereocenters. The van der Waals surface area contributed by atoms with Crippen LogP contribution >= 0.6 is 0 Å². The molecule has 0 radical (unpaired) electrons. The van der Waals surface area contributed by atoms with Gasteiger partial charge in [0.05, 0.1) is 17.3 Å². The van der Waals surface area contributed by atoms with Crippen LogP contribution in [0.5, 0.6) is 0 Å². The van der Waals surface area contributed by atoms with Crippen molar-refractivity contribution in [1.82, 2.24) is 9.78 Å². The van der Waals surface area contributed by atoms with E-state index in [0.717, 1.165) is 16.9 Å². The Morgan fingerprint density at radius 2 is 1.95 bits per heavy atom. The van der Waals surface area contributed by atoms with Gasteiger partial charge in [-0.3, -0.25) is 0 Å². The lowest BCUT2D eigenvalue weighted by atomic mass is 10.1. The molecule has 102 valence electrons. The van der Waals surface area contributed by atoms with E-state index >= 15 is 0 Å². The fraction of sp³-hybridized carbons (Fsp3) is 0.0588. The van der Waals surface area contributed by atoms with Crippen molar-refractivity contribution in [3.63, 3.8) is 0 Å². The molecule has 0 fully saturated rings. The largest absolute Gasteiger partial charge is 0.381 e. The normalized spacial score (nSPS) is 10.0. The van der Waals surface area contributed by atoms with Gasteiger partial charge in [-0.2, -0.15) is 10.4 Å². The predicted molar refractivity (Wildman–Crippen MR) is 82.0 cm³/mol. The van der Waals surface area contributed by atoms with Gasteiger partial charge in [-0.25, -0.2) is 4.68 Å². The van der Waals surface area contributed by atoms with Crippen molar-refractivity contribution in [2.45, 2.75) is 6.54 Å². The Morgan fingerprint density at radius 1 is 1.10 bits per heavy atom. The van der Waals surface area contributed by atoms with Crippen molar-refractivity contribution in [1.29, 1.82) is 5.26 Å². The third-order valence-electron chi connectivity index (χ3n) is 3.19. The molecule has 21 heavy (non-hydrogen) atoms. The van der Waals surface area contributed by atoms with Gasteiger partial charge in [-0.15, -0.1) is 0 Å². The molecule has 4 nitrogen and oxygen atoms in total. The van der Waals surface area contributed by atoms with Crippen LogP contribution in [0.4, 0.5) is 5.69 Å². The molecule has 2 aromatic carbocycles. The molecule has 1 heterocycles. The number of aromatic nitrogens is 2. The van der Waals surface area contributed by atoms with E-state index in [1.807, 2.05) is 59.4 Å². The summed E-state index contributed by atoms with van der Waals surface area (Å²) in [5.41, 5.74) is 3.87. The van der Waals surface area contributed by atoms with Gasteiger partial charge >= 0.3 is 0 Å². The summed E-state index contributed by atoms with van der Waals surface area (Å²) in [5, 5.41) is 16.4. The molecule has 3 aromatic rings. The molecular formula is C17H14N4. The maximum absolute atomic E-state index is 8.78. The van der Waals surface area contributed by atoms with Crippen LogP contribution in [0.2, 0.25) is 0 Å². The number of rotatable bonds is 4. The molecule has 1 N–H and O–H groups in total. The molecule has 0 amide bonds. The van der Waals surface area contributed by atoms with Crippen molar-refractivity contribution in [3.8, 4) is 11.8 Å². The highest BCUT2D eigenvalue weighted by Crippen LogP contribution is 2.15. The lowest BCUT2D eigenvalue weighted by Gasteiger charge is -2.09. The summed E-state index contributed by atoms with van der Waals surface area (Å²) >= 11 is 0. The van der Waals surface area contributed by atoms with Crippen LogP contribution in [0.25, 0.3) is 5.69 Å². The Labute approximate surface area is 123 Å². The van der Waals surface area contributed by atoms with E-state index in [4.69, 9.17) is 5.26 Å². The predicted octanol–water partition coefficient (Wildman–Crippen LogP) is 3.36. The van der Waals surface area contributed by atoms with E-state index in [1.165, 1.54) is 0 Å².